The molecule has 0 spiro atoms. The molecule has 0 amide bonds. The highest BCUT2D eigenvalue weighted by molar-refractivity contribution is 5.43. The minimum Gasteiger partial charge on any atom is -0.497 e. The lowest BCUT2D eigenvalue weighted by molar-refractivity contribution is 0.242. The van der Waals surface area contributed by atoms with Crippen molar-refractivity contribution in [3.8, 4) is 11.5 Å². The maximum Gasteiger partial charge on any atom is 0.124 e. The molecule has 20 heavy (non-hydrogen) atoms. The van der Waals surface area contributed by atoms with Crippen molar-refractivity contribution in [3.63, 3.8) is 0 Å². The van der Waals surface area contributed by atoms with E-state index in [0.717, 1.165) is 24.5 Å². The summed E-state index contributed by atoms with van der Waals surface area (Å²) in [5, 5.41) is 3.75. The molecule has 3 heteroatoms. The van der Waals surface area contributed by atoms with E-state index in [4.69, 9.17) is 9.47 Å². The van der Waals surface area contributed by atoms with Crippen LogP contribution in [0.15, 0.2) is 18.2 Å². The molecule has 0 aromatic heterocycles. The van der Waals surface area contributed by atoms with Crippen molar-refractivity contribution < 1.29 is 9.47 Å². The Kier molecular flexibility index (Phi) is 5.72. The lowest BCUT2D eigenvalue weighted by Gasteiger charge is -2.29. The molecule has 1 aliphatic heterocycles. The second-order valence-corrected chi connectivity index (χ2v) is 5.66. The van der Waals surface area contributed by atoms with Crippen LogP contribution in [-0.2, 0) is 0 Å². The molecule has 0 fully saturated rings. The third-order valence-corrected chi connectivity index (χ3v) is 3.98. The Hall–Kier alpha value is -1.22. The largest absolute Gasteiger partial charge is 0.497 e. The van der Waals surface area contributed by atoms with Gasteiger partial charge in [-0.1, -0.05) is 26.2 Å². The first-order valence-corrected chi connectivity index (χ1v) is 7.81. The second-order valence-electron chi connectivity index (χ2n) is 5.66. The average molecular weight is 277 g/mol. The molecule has 1 N–H and O–H groups in total. The standard InChI is InChI=1S/C17H27NO2/c1-4-5-6-7-13(2)18-16-10-11-20-17-9-8-14(19-3)12-15(16)17/h8-9,12-13,16,18H,4-7,10-11H2,1-3H3. The van der Waals surface area contributed by atoms with Crippen LogP contribution < -0.4 is 14.8 Å². The van der Waals surface area contributed by atoms with Crippen molar-refractivity contribution in [2.75, 3.05) is 13.7 Å². The highest BCUT2D eigenvalue weighted by Gasteiger charge is 2.23. The molecule has 0 saturated heterocycles. The van der Waals surface area contributed by atoms with Gasteiger partial charge in [-0.3, -0.25) is 0 Å². The van der Waals surface area contributed by atoms with Gasteiger partial charge in [-0.15, -0.1) is 0 Å². The molecule has 1 aromatic carbocycles. The second kappa shape index (κ2) is 7.53. The van der Waals surface area contributed by atoms with E-state index in [0.29, 0.717) is 12.1 Å². The highest BCUT2D eigenvalue weighted by atomic mass is 16.5. The van der Waals surface area contributed by atoms with Gasteiger partial charge in [0.05, 0.1) is 13.7 Å². The van der Waals surface area contributed by atoms with Crippen LogP contribution >= 0.6 is 0 Å². The maximum atomic E-state index is 5.74. The summed E-state index contributed by atoms with van der Waals surface area (Å²) in [7, 11) is 1.71. The Bertz CT molecular complexity index is 419. The third kappa shape index (κ3) is 3.89. The molecular weight excluding hydrogens is 250 g/mol. The van der Waals surface area contributed by atoms with E-state index >= 15 is 0 Å². The fourth-order valence-corrected chi connectivity index (χ4v) is 2.80. The number of hydrogen-bond acceptors (Lipinski definition) is 3. The normalized spacial score (nSPS) is 19.1. The Labute approximate surface area is 122 Å². The number of nitrogens with one attached hydrogen (secondary N) is 1. The zero-order valence-corrected chi connectivity index (χ0v) is 12.9. The van der Waals surface area contributed by atoms with Crippen LogP contribution in [0.25, 0.3) is 0 Å². The summed E-state index contributed by atoms with van der Waals surface area (Å²) in [5.74, 6) is 1.90. The van der Waals surface area contributed by atoms with Gasteiger partial charge in [-0.05, 0) is 31.5 Å². The number of benzene rings is 1. The van der Waals surface area contributed by atoms with Gasteiger partial charge < -0.3 is 14.8 Å². The third-order valence-electron chi connectivity index (χ3n) is 3.98. The number of rotatable bonds is 7. The zero-order chi connectivity index (χ0) is 14.4. The fraction of sp³-hybridized carbons (Fsp3) is 0.647. The SMILES string of the molecule is CCCCCC(C)NC1CCOc2ccc(OC)cc21. The van der Waals surface area contributed by atoms with Crippen LogP contribution in [0.2, 0.25) is 0 Å². The lowest BCUT2D eigenvalue weighted by atomic mass is 9.98. The Balaban J connectivity index is 2.00. The molecule has 3 nitrogen and oxygen atoms in total. The van der Waals surface area contributed by atoms with E-state index in [1.165, 1.54) is 31.2 Å². The number of methoxy groups -OCH3 is 1. The smallest absolute Gasteiger partial charge is 0.124 e. The van der Waals surface area contributed by atoms with E-state index < -0.39 is 0 Å². The summed E-state index contributed by atoms with van der Waals surface area (Å²) in [6.07, 6.45) is 6.18. The monoisotopic (exact) mass is 277 g/mol. The molecule has 2 unspecified atom stereocenters. The minimum atomic E-state index is 0.380. The van der Waals surface area contributed by atoms with E-state index in [2.05, 4.69) is 25.2 Å². The van der Waals surface area contributed by atoms with Crippen LogP contribution in [0.4, 0.5) is 0 Å². The topological polar surface area (TPSA) is 30.5 Å². The van der Waals surface area contributed by atoms with Gasteiger partial charge >= 0.3 is 0 Å². The van der Waals surface area contributed by atoms with Gasteiger partial charge in [-0.25, -0.2) is 0 Å². The maximum absolute atomic E-state index is 5.74. The van der Waals surface area contributed by atoms with Crippen molar-refractivity contribution in [1.29, 1.82) is 0 Å². The van der Waals surface area contributed by atoms with E-state index in [9.17, 15) is 0 Å². The van der Waals surface area contributed by atoms with Crippen molar-refractivity contribution in [3.05, 3.63) is 23.8 Å². The van der Waals surface area contributed by atoms with E-state index in [1.54, 1.807) is 7.11 Å². The molecule has 2 rings (SSSR count). The van der Waals surface area contributed by atoms with E-state index in [-0.39, 0.29) is 0 Å². The van der Waals surface area contributed by atoms with Gasteiger partial charge in [0.15, 0.2) is 0 Å². The summed E-state index contributed by atoms with van der Waals surface area (Å²) in [6, 6.07) is 7.01. The molecule has 0 radical (unpaired) electrons. The van der Waals surface area contributed by atoms with Gasteiger partial charge in [0.1, 0.15) is 11.5 Å². The molecule has 0 bridgehead atoms. The zero-order valence-electron chi connectivity index (χ0n) is 12.9. The summed E-state index contributed by atoms with van der Waals surface area (Å²) >= 11 is 0. The highest BCUT2D eigenvalue weighted by Crippen LogP contribution is 2.35. The van der Waals surface area contributed by atoms with Crippen LogP contribution in [0, 0.1) is 0 Å². The summed E-state index contributed by atoms with van der Waals surface area (Å²) in [6.45, 7) is 5.32. The van der Waals surface area contributed by atoms with E-state index in [1.807, 2.05) is 12.1 Å². The summed E-state index contributed by atoms with van der Waals surface area (Å²) in [5.41, 5.74) is 1.23. The summed E-state index contributed by atoms with van der Waals surface area (Å²) < 4.78 is 11.1. The predicted octanol–water partition coefficient (Wildman–Crippen LogP) is 4.08. The van der Waals surface area contributed by atoms with Crippen LogP contribution in [0.3, 0.4) is 0 Å². The van der Waals surface area contributed by atoms with Crippen molar-refractivity contribution >= 4 is 0 Å². The molecule has 1 aliphatic rings. The first-order chi connectivity index (χ1) is 9.74. The van der Waals surface area contributed by atoms with Gasteiger partial charge in [-0.2, -0.15) is 0 Å². The fourth-order valence-electron chi connectivity index (χ4n) is 2.80. The minimum absolute atomic E-state index is 0.380. The van der Waals surface area contributed by atoms with Crippen molar-refractivity contribution in [2.24, 2.45) is 0 Å². The molecule has 112 valence electrons. The quantitative estimate of drug-likeness (QED) is 0.762. The first-order valence-electron chi connectivity index (χ1n) is 7.81. The molecule has 1 heterocycles. The Morgan fingerprint density at radius 3 is 3.00 bits per heavy atom. The number of ether oxygens (including phenoxy) is 2. The Morgan fingerprint density at radius 1 is 1.40 bits per heavy atom. The van der Waals surface area contributed by atoms with Crippen molar-refractivity contribution in [1.82, 2.24) is 5.32 Å². The average Bonchev–Trinajstić information content (AvgIpc) is 2.47. The lowest BCUT2D eigenvalue weighted by Crippen LogP contribution is -2.33. The molecular formula is C17H27NO2. The van der Waals surface area contributed by atoms with Crippen molar-refractivity contribution in [2.45, 2.75) is 58.0 Å². The molecule has 0 saturated carbocycles. The van der Waals surface area contributed by atoms with Gasteiger partial charge in [0.2, 0.25) is 0 Å². The summed E-state index contributed by atoms with van der Waals surface area (Å²) in [4.78, 5) is 0. The van der Waals surface area contributed by atoms with Gasteiger partial charge in [0, 0.05) is 24.1 Å². The van der Waals surface area contributed by atoms with Gasteiger partial charge in [0.25, 0.3) is 0 Å². The molecule has 2 atom stereocenters. The number of fused-ring (bicyclic) bond motifs is 1. The number of hydrogen-bond donors (Lipinski definition) is 1. The van der Waals surface area contributed by atoms with Crippen LogP contribution in [0.1, 0.15) is 57.6 Å². The molecule has 0 aliphatic carbocycles. The van der Waals surface area contributed by atoms with Crippen LogP contribution in [-0.4, -0.2) is 19.8 Å². The van der Waals surface area contributed by atoms with Crippen LogP contribution in [0.5, 0.6) is 11.5 Å². The predicted molar refractivity (Wildman–Crippen MR) is 82.6 cm³/mol. The molecule has 1 aromatic rings. The first kappa shape index (κ1) is 15.2. The Morgan fingerprint density at radius 2 is 2.25 bits per heavy atom. The number of unbranched alkanes of at least 4 members (excludes halogenated alkanes) is 2.